The van der Waals surface area contributed by atoms with Crippen molar-refractivity contribution in [2.75, 3.05) is 0 Å². The standard InChI is InChI=1S/C13H12ClFN2O/c1-2-3-12-11(8-18)13(14)17(16-12)10-6-4-9(15)5-7-10/h4-8H,2-3H2,1H3. The molecule has 0 N–H and O–H groups in total. The van der Waals surface area contributed by atoms with Gasteiger partial charge in [0.2, 0.25) is 0 Å². The van der Waals surface area contributed by atoms with Gasteiger partial charge in [0, 0.05) is 0 Å². The van der Waals surface area contributed by atoms with Crippen molar-refractivity contribution in [3.8, 4) is 5.69 Å². The van der Waals surface area contributed by atoms with E-state index in [0.717, 1.165) is 6.42 Å². The Labute approximate surface area is 109 Å². The average Bonchev–Trinajstić information content (AvgIpc) is 2.67. The van der Waals surface area contributed by atoms with Gasteiger partial charge < -0.3 is 0 Å². The minimum absolute atomic E-state index is 0.264. The largest absolute Gasteiger partial charge is 0.298 e. The lowest BCUT2D eigenvalue weighted by molar-refractivity contribution is 0.112. The van der Waals surface area contributed by atoms with Gasteiger partial charge >= 0.3 is 0 Å². The Balaban J connectivity index is 2.51. The maximum absolute atomic E-state index is 12.9. The lowest BCUT2D eigenvalue weighted by Crippen LogP contribution is -1.97. The van der Waals surface area contributed by atoms with Crippen molar-refractivity contribution in [3.63, 3.8) is 0 Å². The lowest BCUT2D eigenvalue weighted by Gasteiger charge is -2.02. The van der Waals surface area contributed by atoms with Gasteiger partial charge in [-0.2, -0.15) is 5.10 Å². The fourth-order valence-corrected chi connectivity index (χ4v) is 2.03. The van der Waals surface area contributed by atoms with E-state index in [1.807, 2.05) is 6.92 Å². The van der Waals surface area contributed by atoms with E-state index in [1.54, 1.807) is 12.1 Å². The molecule has 5 heteroatoms. The summed E-state index contributed by atoms with van der Waals surface area (Å²) in [7, 11) is 0. The second-order valence-corrected chi connectivity index (χ2v) is 4.27. The van der Waals surface area contributed by atoms with Crippen LogP contribution in [0.2, 0.25) is 5.15 Å². The van der Waals surface area contributed by atoms with Crippen molar-refractivity contribution in [1.82, 2.24) is 9.78 Å². The molecule has 0 radical (unpaired) electrons. The molecule has 0 atom stereocenters. The first-order valence-electron chi connectivity index (χ1n) is 5.66. The van der Waals surface area contributed by atoms with E-state index in [0.29, 0.717) is 29.7 Å². The number of aryl methyl sites for hydroxylation is 1. The molecule has 2 rings (SSSR count). The highest BCUT2D eigenvalue weighted by molar-refractivity contribution is 6.32. The molecule has 0 aliphatic heterocycles. The van der Waals surface area contributed by atoms with Gasteiger partial charge in [0.1, 0.15) is 11.0 Å². The van der Waals surface area contributed by atoms with E-state index >= 15 is 0 Å². The molecule has 18 heavy (non-hydrogen) atoms. The number of halogens is 2. The molecular weight excluding hydrogens is 255 g/mol. The van der Waals surface area contributed by atoms with E-state index in [-0.39, 0.29) is 11.0 Å². The highest BCUT2D eigenvalue weighted by Crippen LogP contribution is 2.23. The Morgan fingerprint density at radius 2 is 2.06 bits per heavy atom. The minimum Gasteiger partial charge on any atom is -0.298 e. The van der Waals surface area contributed by atoms with Crippen LogP contribution in [-0.2, 0) is 6.42 Å². The summed E-state index contributed by atoms with van der Waals surface area (Å²) in [6.07, 6.45) is 2.26. The number of carbonyl (C=O) groups excluding carboxylic acids is 1. The highest BCUT2D eigenvalue weighted by Gasteiger charge is 2.16. The molecule has 2 aromatic rings. The third-order valence-electron chi connectivity index (χ3n) is 2.62. The zero-order valence-corrected chi connectivity index (χ0v) is 10.6. The number of hydrogen-bond donors (Lipinski definition) is 0. The van der Waals surface area contributed by atoms with Crippen LogP contribution < -0.4 is 0 Å². The highest BCUT2D eigenvalue weighted by atomic mass is 35.5. The summed E-state index contributed by atoms with van der Waals surface area (Å²) >= 11 is 6.12. The summed E-state index contributed by atoms with van der Waals surface area (Å²) < 4.78 is 14.3. The molecule has 1 aromatic carbocycles. The van der Waals surface area contributed by atoms with Crippen LogP contribution in [0.4, 0.5) is 4.39 Å². The Hall–Kier alpha value is -1.68. The van der Waals surface area contributed by atoms with Crippen molar-refractivity contribution in [2.45, 2.75) is 19.8 Å². The number of carbonyl (C=O) groups is 1. The molecule has 0 fully saturated rings. The van der Waals surface area contributed by atoms with Gasteiger partial charge in [-0.15, -0.1) is 0 Å². The zero-order valence-electron chi connectivity index (χ0n) is 9.86. The third-order valence-corrected chi connectivity index (χ3v) is 2.98. The SMILES string of the molecule is CCCc1nn(-c2ccc(F)cc2)c(Cl)c1C=O. The van der Waals surface area contributed by atoms with Crippen molar-refractivity contribution in [3.05, 3.63) is 46.5 Å². The van der Waals surface area contributed by atoms with Crippen LogP contribution in [0.5, 0.6) is 0 Å². The average molecular weight is 267 g/mol. The van der Waals surface area contributed by atoms with Gasteiger partial charge in [0.25, 0.3) is 0 Å². The van der Waals surface area contributed by atoms with Crippen molar-refractivity contribution in [1.29, 1.82) is 0 Å². The van der Waals surface area contributed by atoms with Gasteiger partial charge in [-0.05, 0) is 30.7 Å². The van der Waals surface area contributed by atoms with E-state index in [9.17, 15) is 9.18 Å². The van der Waals surface area contributed by atoms with Gasteiger partial charge in [-0.25, -0.2) is 9.07 Å². The Bertz CT molecular complexity index is 563. The lowest BCUT2D eigenvalue weighted by atomic mass is 10.2. The van der Waals surface area contributed by atoms with E-state index < -0.39 is 0 Å². The first kappa shape index (κ1) is 12.8. The second-order valence-electron chi connectivity index (χ2n) is 3.91. The van der Waals surface area contributed by atoms with E-state index in [4.69, 9.17) is 11.6 Å². The third kappa shape index (κ3) is 2.29. The Kier molecular flexibility index (Phi) is 3.77. The summed E-state index contributed by atoms with van der Waals surface area (Å²) in [6, 6.07) is 5.79. The van der Waals surface area contributed by atoms with Crippen LogP contribution >= 0.6 is 11.6 Å². The number of nitrogens with zero attached hydrogens (tertiary/aromatic N) is 2. The van der Waals surface area contributed by atoms with Crippen LogP contribution in [0.1, 0.15) is 29.4 Å². The normalized spacial score (nSPS) is 10.6. The summed E-state index contributed by atoms with van der Waals surface area (Å²) in [5.41, 5.74) is 1.71. The van der Waals surface area contributed by atoms with Gasteiger partial charge in [-0.3, -0.25) is 4.79 Å². The fraction of sp³-hybridized carbons (Fsp3) is 0.231. The van der Waals surface area contributed by atoms with Crippen LogP contribution in [0, 0.1) is 5.82 Å². The van der Waals surface area contributed by atoms with Crippen molar-refractivity contribution in [2.24, 2.45) is 0 Å². The summed E-state index contributed by atoms with van der Waals surface area (Å²) in [6.45, 7) is 2.00. The van der Waals surface area contributed by atoms with Gasteiger partial charge in [0.15, 0.2) is 6.29 Å². The van der Waals surface area contributed by atoms with Gasteiger partial charge in [0.05, 0.1) is 16.9 Å². The number of aldehydes is 1. The molecule has 0 aliphatic carbocycles. The zero-order chi connectivity index (χ0) is 13.1. The summed E-state index contributed by atoms with van der Waals surface area (Å²) in [4.78, 5) is 11.0. The smallest absolute Gasteiger partial charge is 0.155 e. The molecule has 0 spiro atoms. The molecule has 3 nitrogen and oxygen atoms in total. The number of aromatic nitrogens is 2. The minimum atomic E-state index is -0.327. The number of hydrogen-bond acceptors (Lipinski definition) is 2. The maximum atomic E-state index is 12.9. The molecule has 94 valence electrons. The van der Waals surface area contributed by atoms with E-state index in [2.05, 4.69) is 5.10 Å². The Morgan fingerprint density at radius 3 is 2.61 bits per heavy atom. The van der Waals surface area contributed by atoms with Crippen molar-refractivity contribution >= 4 is 17.9 Å². The van der Waals surface area contributed by atoms with Crippen LogP contribution in [0.3, 0.4) is 0 Å². The molecule has 0 amide bonds. The second kappa shape index (κ2) is 5.31. The maximum Gasteiger partial charge on any atom is 0.155 e. The Morgan fingerprint density at radius 1 is 1.39 bits per heavy atom. The topological polar surface area (TPSA) is 34.9 Å². The monoisotopic (exact) mass is 266 g/mol. The fourth-order valence-electron chi connectivity index (χ4n) is 1.74. The molecule has 1 aromatic heterocycles. The predicted molar refractivity (Wildman–Crippen MR) is 67.9 cm³/mol. The molecule has 0 saturated carbocycles. The molecule has 1 heterocycles. The van der Waals surface area contributed by atoms with Crippen LogP contribution in [0.25, 0.3) is 5.69 Å². The quantitative estimate of drug-likeness (QED) is 0.795. The predicted octanol–water partition coefficient (Wildman–Crippen LogP) is 3.43. The molecule has 0 aliphatic rings. The molecule has 0 saturated heterocycles. The molecular formula is C13H12ClFN2O. The summed E-state index contributed by atoms with van der Waals surface area (Å²) in [5.74, 6) is -0.327. The van der Waals surface area contributed by atoms with Gasteiger partial charge in [-0.1, -0.05) is 24.9 Å². The number of benzene rings is 1. The first-order valence-corrected chi connectivity index (χ1v) is 6.03. The van der Waals surface area contributed by atoms with Crippen LogP contribution in [-0.4, -0.2) is 16.1 Å². The van der Waals surface area contributed by atoms with Crippen LogP contribution in [0.15, 0.2) is 24.3 Å². The molecule has 0 unspecified atom stereocenters. The summed E-state index contributed by atoms with van der Waals surface area (Å²) in [5, 5.41) is 4.57. The van der Waals surface area contributed by atoms with E-state index in [1.165, 1.54) is 16.8 Å². The number of rotatable bonds is 4. The first-order chi connectivity index (χ1) is 8.67. The molecule has 0 bridgehead atoms. The van der Waals surface area contributed by atoms with Crippen molar-refractivity contribution < 1.29 is 9.18 Å².